The second-order valence-corrected chi connectivity index (χ2v) is 4.89. The predicted molar refractivity (Wildman–Crippen MR) is 64.4 cm³/mol. The summed E-state index contributed by atoms with van der Waals surface area (Å²) >= 11 is 0. The molecule has 2 unspecified atom stereocenters. The van der Waals surface area contributed by atoms with Gasteiger partial charge in [0.2, 0.25) is 0 Å². The van der Waals surface area contributed by atoms with E-state index in [0.717, 1.165) is 26.1 Å². The number of piperazine rings is 1. The number of hydrogen-bond acceptors (Lipinski definition) is 2. The van der Waals surface area contributed by atoms with Gasteiger partial charge in [0, 0.05) is 31.7 Å². The van der Waals surface area contributed by atoms with E-state index in [0.29, 0.717) is 12.1 Å². The topological polar surface area (TPSA) is 44.4 Å². The summed E-state index contributed by atoms with van der Waals surface area (Å²) in [6.07, 6.45) is 5.84. The SMILES string of the molecule is CCCCCNC(=O)N1C2CCC1CNC2. The van der Waals surface area contributed by atoms with Crippen molar-refractivity contribution < 1.29 is 4.79 Å². The Bertz CT molecular complexity index is 228. The molecule has 2 bridgehead atoms. The van der Waals surface area contributed by atoms with Gasteiger partial charge in [0.1, 0.15) is 0 Å². The monoisotopic (exact) mass is 225 g/mol. The molecule has 2 rings (SSSR count). The Labute approximate surface area is 97.8 Å². The van der Waals surface area contributed by atoms with E-state index in [1.807, 2.05) is 0 Å². The van der Waals surface area contributed by atoms with Crippen LogP contribution in [0.5, 0.6) is 0 Å². The van der Waals surface area contributed by atoms with Crippen molar-refractivity contribution in [1.29, 1.82) is 0 Å². The van der Waals surface area contributed by atoms with Gasteiger partial charge in [-0.1, -0.05) is 19.8 Å². The Morgan fingerprint density at radius 3 is 2.62 bits per heavy atom. The van der Waals surface area contributed by atoms with Crippen molar-refractivity contribution >= 4 is 6.03 Å². The Morgan fingerprint density at radius 2 is 2.00 bits per heavy atom. The molecule has 2 heterocycles. The van der Waals surface area contributed by atoms with Gasteiger partial charge in [-0.25, -0.2) is 4.79 Å². The van der Waals surface area contributed by atoms with Gasteiger partial charge in [0.15, 0.2) is 0 Å². The maximum atomic E-state index is 12.0. The highest BCUT2D eigenvalue weighted by molar-refractivity contribution is 5.75. The highest BCUT2D eigenvalue weighted by Gasteiger charge is 2.39. The van der Waals surface area contributed by atoms with E-state index in [4.69, 9.17) is 0 Å². The number of urea groups is 1. The molecule has 0 aromatic heterocycles. The first kappa shape index (κ1) is 11.7. The summed E-state index contributed by atoms with van der Waals surface area (Å²) in [4.78, 5) is 14.1. The molecule has 16 heavy (non-hydrogen) atoms. The molecule has 2 amide bonds. The van der Waals surface area contributed by atoms with Crippen LogP contribution in [-0.4, -0.2) is 42.6 Å². The van der Waals surface area contributed by atoms with Crippen molar-refractivity contribution in [2.75, 3.05) is 19.6 Å². The Balaban J connectivity index is 1.76. The summed E-state index contributed by atoms with van der Waals surface area (Å²) < 4.78 is 0. The van der Waals surface area contributed by atoms with Crippen LogP contribution in [0, 0.1) is 0 Å². The van der Waals surface area contributed by atoms with Crippen LogP contribution in [0.15, 0.2) is 0 Å². The van der Waals surface area contributed by atoms with Crippen LogP contribution in [0.4, 0.5) is 4.79 Å². The molecule has 0 aliphatic carbocycles. The summed E-state index contributed by atoms with van der Waals surface area (Å²) in [5.74, 6) is 0. The molecule has 4 heteroatoms. The first-order valence-electron chi connectivity index (χ1n) is 6.59. The molecule has 0 radical (unpaired) electrons. The smallest absolute Gasteiger partial charge is 0.317 e. The van der Waals surface area contributed by atoms with Crippen molar-refractivity contribution in [2.24, 2.45) is 0 Å². The molecule has 4 nitrogen and oxygen atoms in total. The fraction of sp³-hybridized carbons (Fsp3) is 0.917. The van der Waals surface area contributed by atoms with Crippen LogP contribution in [0.1, 0.15) is 39.0 Å². The highest BCUT2D eigenvalue weighted by atomic mass is 16.2. The zero-order valence-corrected chi connectivity index (χ0v) is 10.2. The molecule has 2 N–H and O–H groups in total. The molecule has 2 aliphatic rings. The summed E-state index contributed by atoms with van der Waals surface area (Å²) in [5, 5.41) is 6.43. The summed E-state index contributed by atoms with van der Waals surface area (Å²) in [7, 11) is 0. The van der Waals surface area contributed by atoms with Gasteiger partial charge in [-0.15, -0.1) is 0 Å². The molecule has 92 valence electrons. The second kappa shape index (κ2) is 5.53. The molecule has 0 saturated carbocycles. The number of rotatable bonds is 4. The van der Waals surface area contributed by atoms with E-state index >= 15 is 0 Å². The number of unbranched alkanes of at least 4 members (excludes halogenated alkanes) is 2. The van der Waals surface area contributed by atoms with Gasteiger partial charge in [0.05, 0.1) is 0 Å². The molecule has 0 spiro atoms. The van der Waals surface area contributed by atoms with Gasteiger partial charge in [-0.3, -0.25) is 0 Å². The summed E-state index contributed by atoms with van der Waals surface area (Å²) in [6, 6.07) is 1.03. The lowest BCUT2D eigenvalue weighted by molar-refractivity contribution is 0.154. The lowest BCUT2D eigenvalue weighted by Crippen LogP contribution is -2.57. The maximum absolute atomic E-state index is 12.0. The standard InChI is InChI=1S/C12H23N3O/c1-2-3-4-7-14-12(16)15-10-5-6-11(15)9-13-8-10/h10-11,13H,2-9H2,1H3,(H,14,16). The third-order valence-corrected chi connectivity index (χ3v) is 3.67. The zero-order chi connectivity index (χ0) is 11.4. The van der Waals surface area contributed by atoms with Crippen molar-refractivity contribution in [3.05, 3.63) is 0 Å². The van der Waals surface area contributed by atoms with Gasteiger partial charge in [-0.05, 0) is 19.3 Å². The molecule has 0 aromatic rings. The minimum Gasteiger partial charge on any atom is -0.338 e. The van der Waals surface area contributed by atoms with Crippen molar-refractivity contribution in [1.82, 2.24) is 15.5 Å². The largest absolute Gasteiger partial charge is 0.338 e. The number of amides is 2. The molecular formula is C12H23N3O. The lowest BCUT2D eigenvalue weighted by atomic mass is 10.2. The molecule has 0 aromatic carbocycles. The van der Waals surface area contributed by atoms with E-state index in [1.54, 1.807) is 0 Å². The normalized spacial score (nSPS) is 28.2. The minimum absolute atomic E-state index is 0.158. The van der Waals surface area contributed by atoms with Crippen LogP contribution in [0.3, 0.4) is 0 Å². The molecule has 2 saturated heterocycles. The number of fused-ring (bicyclic) bond motifs is 2. The molecule has 2 fully saturated rings. The average molecular weight is 225 g/mol. The van der Waals surface area contributed by atoms with Crippen molar-refractivity contribution in [3.63, 3.8) is 0 Å². The van der Waals surface area contributed by atoms with Gasteiger partial charge in [0.25, 0.3) is 0 Å². The Morgan fingerprint density at radius 1 is 1.31 bits per heavy atom. The average Bonchev–Trinajstić information content (AvgIpc) is 2.55. The lowest BCUT2D eigenvalue weighted by Gasteiger charge is -2.35. The van der Waals surface area contributed by atoms with E-state index in [1.165, 1.54) is 25.7 Å². The zero-order valence-electron chi connectivity index (χ0n) is 10.2. The third kappa shape index (κ3) is 2.48. The number of nitrogens with zero attached hydrogens (tertiary/aromatic N) is 1. The van der Waals surface area contributed by atoms with Crippen molar-refractivity contribution in [3.8, 4) is 0 Å². The van der Waals surface area contributed by atoms with E-state index in [2.05, 4.69) is 22.5 Å². The Hall–Kier alpha value is -0.770. The molecule has 2 aliphatic heterocycles. The van der Waals surface area contributed by atoms with E-state index < -0.39 is 0 Å². The third-order valence-electron chi connectivity index (χ3n) is 3.67. The predicted octanol–water partition coefficient (Wildman–Crippen LogP) is 1.32. The van der Waals surface area contributed by atoms with Gasteiger partial charge >= 0.3 is 6.03 Å². The van der Waals surface area contributed by atoms with E-state index in [-0.39, 0.29) is 6.03 Å². The van der Waals surface area contributed by atoms with Gasteiger partial charge in [-0.2, -0.15) is 0 Å². The van der Waals surface area contributed by atoms with Crippen LogP contribution >= 0.6 is 0 Å². The Kier molecular flexibility index (Phi) is 4.04. The van der Waals surface area contributed by atoms with Crippen LogP contribution in [0.2, 0.25) is 0 Å². The number of nitrogens with one attached hydrogen (secondary N) is 2. The molecular weight excluding hydrogens is 202 g/mol. The van der Waals surface area contributed by atoms with Crippen LogP contribution < -0.4 is 10.6 Å². The first-order chi connectivity index (χ1) is 7.83. The maximum Gasteiger partial charge on any atom is 0.317 e. The van der Waals surface area contributed by atoms with E-state index in [9.17, 15) is 4.79 Å². The fourth-order valence-corrected chi connectivity index (χ4v) is 2.77. The highest BCUT2D eigenvalue weighted by Crippen LogP contribution is 2.26. The second-order valence-electron chi connectivity index (χ2n) is 4.89. The quantitative estimate of drug-likeness (QED) is 0.709. The number of hydrogen-bond donors (Lipinski definition) is 2. The van der Waals surface area contributed by atoms with Gasteiger partial charge < -0.3 is 15.5 Å². The fourth-order valence-electron chi connectivity index (χ4n) is 2.77. The minimum atomic E-state index is 0.158. The number of carbonyl (C=O) groups is 1. The van der Waals surface area contributed by atoms with Crippen LogP contribution in [-0.2, 0) is 0 Å². The first-order valence-corrected chi connectivity index (χ1v) is 6.59. The number of carbonyl (C=O) groups excluding carboxylic acids is 1. The van der Waals surface area contributed by atoms with Crippen molar-refractivity contribution in [2.45, 2.75) is 51.1 Å². The summed E-state index contributed by atoms with van der Waals surface area (Å²) in [5.41, 5.74) is 0. The molecule has 2 atom stereocenters. The summed E-state index contributed by atoms with van der Waals surface area (Å²) in [6.45, 7) is 4.95. The van der Waals surface area contributed by atoms with Crippen LogP contribution in [0.25, 0.3) is 0 Å².